The summed E-state index contributed by atoms with van der Waals surface area (Å²) >= 11 is 6.18. The number of anilines is 3. The maximum atomic E-state index is 9.97. The molecule has 0 spiro atoms. The average molecular weight is 452 g/mol. The summed E-state index contributed by atoms with van der Waals surface area (Å²) in [7, 11) is 0. The van der Waals surface area contributed by atoms with Crippen molar-refractivity contribution in [2.45, 2.75) is 0 Å². The summed E-state index contributed by atoms with van der Waals surface area (Å²) in [6.07, 6.45) is 0. The number of ether oxygens (including phenoxy) is 1. The molecule has 0 atom stereocenters. The highest BCUT2D eigenvalue weighted by atomic mass is 35.5. The van der Waals surface area contributed by atoms with Crippen molar-refractivity contribution >= 4 is 29.1 Å². The van der Waals surface area contributed by atoms with E-state index in [1.807, 2.05) is 36.4 Å². The van der Waals surface area contributed by atoms with Crippen LogP contribution in [0.1, 0.15) is 0 Å². The molecule has 1 aromatic heterocycles. The molecule has 3 heterocycles. The Morgan fingerprint density at radius 3 is 2.28 bits per heavy atom. The summed E-state index contributed by atoms with van der Waals surface area (Å²) in [5.74, 6) is 1.85. The molecule has 3 aromatic rings. The van der Waals surface area contributed by atoms with Crippen LogP contribution in [-0.4, -0.2) is 67.6 Å². The minimum absolute atomic E-state index is 0.228. The molecule has 2 fully saturated rings. The standard InChI is InChI=1S/C24H26ClN5O2/c25-19-4-2-5-20(16-19)28-7-9-29(10-8-28)23-17-22(18-3-1-6-21(31)15-18)26-24(27-23)30-11-13-32-14-12-30/h1-6,15-17,31H,7-14H2. The van der Waals surface area contributed by atoms with Gasteiger partial charge < -0.3 is 24.5 Å². The Bertz CT molecular complexity index is 1080. The molecule has 0 radical (unpaired) electrons. The van der Waals surface area contributed by atoms with Crippen LogP contribution in [0.15, 0.2) is 54.6 Å². The molecule has 0 unspecified atom stereocenters. The van der Waals surface area contributed by atoms with Gasteiger partial charge in [-0.3, -0.25) is 0 Å². The third kappa shape index (κ3) is 4.59. The maximum absolute atomic E-state index is 9.97. The molecular formula is C24H26ClN5O2. The van der Waals surface area contributed by atoms with Gasteiger partial charge in [0.05, 0.1) is 18.9 Å². The Labute approximate surface area is 192 Å². The molecule has 0 saturated carbocycles. The second kappa shape index (κ2) is 9.22. The zero-order chi connectivity index (χ0) is 21.9. The Morgan fingerprint density at radius 2 is 1.53 bits per heavy atom. The lowest BCUT2D eigenvalue weighted by atomic mass is 10.1. The summed E-state index contributed by atoms with van der Waals surface area (Å²) in [6.45, 7) is 6.37. The first-order valence-corrected chi connectivity index (χ1v) is 11.3. The summed E-state index contributed by atoms with van der Waals surface area (Å²) in [6, 6.07) is 17.2. The predicted molar refractivity (Wildman–Crippen MR) is 128 cm³/mol. The summed E-state index contributed by atoms with van der Waals surface area (Å²) in [4.78, 5) is 16.6. The molecule has 0 bridgehead atoms. The number of phenolic OH excluding ortho intramolecular Hbond substituents is 1. The minimum Gasteiger partial charge on any atom is -0.508 e. The predicted octanol–water partition coefficient (Wildman–Crippen LogP) is 3.67. The fraction of sp³-hybridized carbons (Fsp3) is 0.333. The fourth-order valence-corrected chi connectivity index (χ4v) is 4.35. The zero-order valence-electron chi connectivity index (χ0n) is 17.8. The van der Waals surface area contributed by atoms with Crippen molar-refractivity contribution in [1.82, 2.24) is 9.97 Å². The number of morpholine rings is 1. The van der Waals surface area contributed by atoms with Gasteiger partial charge in [0.15, 0.2) is 0 Å². The molecule has 7 nitrogen and oxygen atoms in total. The van der Waals surface area contributed by atoms with E-state index in [0.29, 0.717) is 19.2 Å². The third-order valence-electron chi connectivity index (χ3n) is 5.91. The zero-order valence-corrected chi connectivity index (χ0v) is 18.6. The van der Waals surface area contributed by atoms with E-state index in [0.717, 1.165) is 67.1 Å². The van der Waals surface area contributed by atoms with Gasteiger partial charge in [-0.05, 0) is 30.3 Å². The van der Waals surface area contributed by atoms with E-state index in [4.69, 9.17) is 26.3 Å². The number of hydrogen-bond acceptors (Lipinski definition) is 7. The minimum atomic E-state index is 0.228. The Morgan fingerprint density at radius 1 is 0.781 bits per heavy atom. The van der Waals surface area contributed by atoms with Crippen molar-refractivity contribution in [2.75, 3.05) is 67.2 Å². The van der Waals surface area contributed by atoms with Crippen LogP contribution >= 0.6 is 11.6 Å². The number of hydrogen-bond donors (Lipinski definition) is 1. The van der Waals surface area contributed by atoms with Crippen LogP contribution < -0.4 is 14.7 Å². The highest BCUT2D eigenvalue weighted by Gasteiger charge is 2.22. The molecule has 0 aliphatic carbocycles. The van der Waals surface area contributed by atoms with E-state index in [9.17, 15) is 5.11 Å². The lowest BCUT2D eigenvalue weighted by Crippen LogP contribution is -2.47. The normalized spacial score (nSPS) is 17.0. The van der Waals surface area contributed by atoms with Crippen LogP contribution in [0.4, 0.5) is 17.5 Å². The van der Waals surface area contributed by atoms with Crippen LogP contribution in [0.25, 0.3) is 11.3 Å². The number of piperazine rings is 1. The number of benzene rings is 2. The maximum Gasteiger partial charge on any atom is 0.228 e. The van der Waals surface area contributed by atoms with E-state index in [1.165, 1.54) is 0 Å². The van der Waals surface area contributed by atoms with Crippen molar-refractivity contribution in [1.29, 1.82) is 0 Å². The number of nitrogens with zero attached hydrogens (tertiary/aromatic N) is 5. The lowest BCUT2D eigenvalue weighted by molar-refractivity contribution is 0.122. The largest absolute Gasteiger partial charge is 0.508 e. The van der Waals surface area contributed by atoms with Gasteiger partial charge >= 0.3 is 0 Å². The Kier molecular flexibility index (Phi) is 6.01. The van der Waals surface area contributed by atoms with E-state index >= 15 is 0 Å². The van der Waals surface area contributed by atoms with Crippen molar-refractivity contribution in [3.8, 4) is 17.0 Å². The van der Waals surface area contributed by atoms with E-state index in [-0.39, 0.29) is 5.75 Å². The smallest absolute Gasteiger partial charge is 0.228 e. The SMILES string of the molecule is Oc1cccc(-c2cc(N3CCN(c4cccc(Cl)c4)CC3)nc(N3CCOCC3)n2)c1. The number of halogens is 1. The summed E-state index contributed by atoms with van der Waals surface area (Å²) in [5.41, 5.74) is 2.83. The first-order valence-electron chi connectivity index (χ1n) is 10.9. The van der Waals surface area contributed by atoms with Crippen LogP contribution in [0.3, 0.4) is 0 Å². The Balaban J connectivity index is 1.42. The number of aromatic nitrogens is 2. The molecule has 2 aliphatic heterocycles. The number of rotatable bonds is 4. The number of aromatic hydroxyl groups is 1. The molecule has 2 aliphatic rings. The van der Waals surface area contributed by atoms with Crippen LogP contribution in [-0.2, 0) is 4.74 Å². The molecule has 2 aromatic carbocycles. The van der Waals surface area contributed by atoms with Crippen molar-refractivity contribution in [3.05, 3.63) is 59.6 Å². The highest BCUT2D eigenvalue weighted by molar-refractivity contribution is 6.30. The summed E-state index contributed by atoms with van der Waals surface area (Å²) in [5, 5.41) is 10.7. The van der Waals surface area contributed by atoms with E-state index < -0.39 is 0 Å². The topological polar surface area (TPSA) is 65.0 Å². The van der Waals surface area contributed by atoms with Gasteiger partial charge in [-0.1, -0.05) is 29.8 Å². The molecule has 166 valence electrons. The van der Waals surface area contributed by atoms with E-state index in [1.54, 1.807) is 12.1 Å². The van der Waals surface area contributed by atoms with Gasteiger partial charge in [-0.25, -0.2) is 4.98 Å². The van der Waals surface area contributed by atoms with Crippen molar-refractivity contribution in [2.24, 2.45) is 0 Å². The third-order valence-corrected chi connectivity index (χ3v) is 6.15. The molecule has 5 rings (SSSR count). The summed E-state index contributed by atoms with van der Waals surface area (Å²) < 4.78 is 5.50. The van der Waals surface area contributed by atoms with Gasteiger partial charge in [0.2, 0.25) is 5.95 Å². The monoisotopic (exact) mass is 451 g/mol. The second-order valence-corrected chi connectivity index (χ2v) is 8.45. The molecular weight excluding hydrogens is 426 g/mol. The van der Waals surface area contributed by atoms with Crippen molar-refractivity contribution < 1.29 is 9.84 Å². The number of phenols is 1. The molecule has 8 heteroatoms. The average Bonchev–Trinajstić information content (AvgIpc) is 2.84. The fourth-order valence-electron chi connectivity index (χ4n) is 4.17. The van der Waals surface area contributed by atoms with Gasteiger partial charge in [0, 0.05) is 61.6 Å². The quantitative estimate of drug-likeness (QED) is 0.649. The molecule has 2 saturated heterocycles. The first-order chi connectivity index (χ1) is 15.7. The first kappa shape index (κ1) is 20.8. The van der Waals surface area contributed by atoms with Crippen LogP contribution in [0.5, 0.6) is 5.75 Å². The van der Waals surface area contributed by atoms with Crippen LogP contribution in [0.2, 0.25) is 5.02 Å². The van der Waals surface area contributed by atoms with Gasteiger partial charge in [-0.2, -0.15) is 4.98 Å². The van der Waals surface area contributed by atoms with E-state index in [2.05, 4.69) is 20.8 Å². The molecule has 1 N–H and O–H groups in total. The van der Waals surface area contributed by atoms with Gasteiger partial charge in [0.25, 0.3) is 0 Å². The molecule has 0 amide bonds. The molecule has 32 heavy (non-hydrogen) atoms. The van der Waals surface area contributed by atoms with Gasteiger partial charge in [-0.15, -0.1) is 0 Å². The highest BCUT2D eigenvalue weighted by Crippen LogP contribution is 2.29. The second-order valence-electron chi connectivity index (χ2n) is 8.02. The van der Waals surface area contributed by atoms with Crippen molar-refractivity contribution in [3.63, 3.8) is 0 Å². The lowest BCUT2D eigenvalue weighted by Gasteiger charge is -2.37. The van der Waals surface area contributed by atoms with Crippen LogP contribution in [0, 0.1) is 0 Å². The van der Waals surface area contributed by atoms with Gasteiger partial charge in [0.1, 0.15) is 11.6 Å². The Hall–Kier alpha value is -3.03.